The lowest BCUT2D eigenvalue weighted by Gasteiger charge is -2.10. The van der Waals surface area contributed by atoms with Crippen LogP contribution in [0.25, 0.3) is 0 Å². The molecule has 4 nitrogen and oxygen atoms in total. The number of anilines is 2. The second kappa shape index (κ2) is 7.09. The van der Waals surface area contributed by atoms with E-state index in [1.54, 1.807) is 24.5 Å². The minimum absolute atomic E-state index is 0.119. The van der Waals surface area contributed by atoms with Gasteiger partial charge in [-0.2, -0.15) is 0 Å². The summed E-state index contributed by atoms with van der Waals surface area (Å²) in [6.45, 7) is 4.75. The van der Waals surface area contributed by atoms with Gasteiger partial charge in [-0.05, 0) is 30.2 Å². The molecule has 1 amide bonds. The van der Waals surface area contributed by atoms with Crippen molar-refractivity contribution in [2.75, 3.05) is 11.9 Å². The summed E-state index contributed by atoms with van der Waals surface area (Å²) >= 11 is 5.94. The van der Waals surface area contributed by atoms with E-state index in [1.165, 1.54) is 0 Å². The Balaban J connectivity index is 2.08. The number of rotatable bonds is 5. The lowest BCUT2D eigenvalue weighted by Crippen LogP contribution is -2.27. The molecule has 2 rings (SSSR count). The number of nitrogens with zero attached hydrogens (tertiary/aromatic N) is 1. The molecular formula is C16H18ClN3O. The third-order valence-electron chi connectivity index (χ3n) is 2.78. The molecule has 0 radical (unpaired) electrons. The number of amides is 1. The molecule has 0 aliphatic carbocycles. The molecule has 0 fully saturated rings. The van der Waals surface area contributed by atoms with Gasteiger partial charge in [0, 0.05) is 23.5 Å². The number of carbonyl (C=O) groups excluding carboxylic acids is 1. The van der Waals surface area contributed by atoms with Gasteiger partial charge in [-0.1, -0.05) is 31.5 Å². The first-order chi connectivity index (χ1) is 10.0. The Morgan fingerprint density at radius 3 is 2.76 bits per heavy atom. The zero-order valence-corrected chi connectivity index (χ0v) is 12.8. The molecular weight excluding hydrogens is 286 g/mol. The third kappa shape index (κ3) is 4.76. The maximum Gasteiger partial charge on any atom is 0.252 e. The van der Waals surface area contributed by atoms with Gasteiger partial charge in [0.2, 0.25) is 0 Å². The Morgan fingerprint density at radius 1 is 1.24 bits per heavy atom. The van der Waals surface area contributed by atoms with E-state index in [0.717, 1.165) is 11.4 Å². The predicted octanol–water partition coefficient (Wildman–Crippen LogP) is 3.86. The average molecular weight is 304 g/mol. The third-order valence-corrected chi connectivity index (χ3v) is 3.02. The fourth-order valence-electron chi connectivity index (χ4n) is 1.76. The molecule has 0 unspecified atom stereocenters. The van der Waals surface area contributed by atoms with Gasteiger partial charge in [0.1, 0.15) is 0 Å². The monoisotopic (exact) mass is 303 g/mol. The van der Waals surface area contributed by atoms with Crippen molar-refractivity contribution in [1.29, 1.82) is 0 Å². The molecule has 2 N–H and O–H groups in total. The van der Waals surface area contributed by atoms with Gasteiger partial charge in [-0.3, -0.25) is 9.78 Å². The zero-order valence-electron chi connectivity index (χ0n) is 12.1. The van der Waals surface area contributed by atoms with Crippen molar-refractivity contribution in [2.24, 2.45) is 5.92 Å². The molecule has 0 saturated carbocycles. The van der Waals surface area contributed by atoms with Gasteiger partial charge in [0.15, 0.2) is 0 Å². The summed E-state index contributed by atoms with van der Waals surface area (Å²) in [6.07, 6.45) is 3.22. The van der Waals surface area contributed by atoms with Crippen LogP contribution in [0.5, 0.6) is 0 Å². The van der Waals surface area contributed by atoms with Crippen LogP contribution in [0.1, 0.15) is 24.2 Å². The highest BCUT2D eigenvalue weighted by molar-refractivity contribution is 6.30. The van der Waals surface area contributed by atoms with Gasteiger partial charge in [0.05, 0.1) is 17.4 Å². The molecule has 0 saturated heterocycles. The van der Waals surface area contributed by atoms with Crippen molar-refractivity contribution in [3.05, 3.63) is 53.3 Å². The maximum absolute atomic E-state index is 12.0. The van der Waals surface area contributed by atoms with Crippen molar-refractivity contribution in [2.45, 2.75) is 13.8 Å². The number of hydrogen-bond acceptors (Lipinski definition) is 3. The first-order valence-electron chi connectivity index (χ1n) is 6.80. The molecule has 5 heteroatoms. The van der Waals surface area contributed by atoms with Crippen LogP contribution in [0.2, 0.25) is 5.02 Å². The zero-order chi connectivity index (χ0) is 15.2. The van der Waals surface area contributed by atoms with E-state index >= 15 is 0 Å². The van der Waals surface area contributed by atoms with Crippen molar-refractivity contribution >= 4 is 28.9 Å². The van der Waals surface area contributed by atoms with Gasteiger partial charge in [-0.25, -0.2) is 0 Å². The lowest BCUT2D eigenvalue weighted by atomic mass is 10.2. The van der Waals surface area contributed by atoms with Crippen LogP contribution in [-0.4, -0.2) is 17.4 Å². The van der Waals surface area contributed by atoms with E-state index in [4.69, 9.17) is 11.6 Å². The summed E-state index contributed by atoms with van der Waals surface area (Å²) in [6, 6.07) is 9.14. The van der Waals surface area contributed by atoms with E-state index in [1.807, 2.05) is 18.2 Å². The summed E-state index contributed by atoms with van der Waals surface area (Å²) in [5.74, 6) is 0.292. The van der Waals surface area contributed by atoms with Gasteiger partial charge >= 0.3 is 0 Å². The van der Waals surface area contributed by atoms with Crippen LogP contribution in [0.4, 0.5) is 11.4 Å². The molecule has 0 aliphatic rings. The van der Waals surface area contributed by atoms with Crippen molar-refractivity contribution in [3.63, 3.8) is 0 Å². The minimum Gasteiger partial charge on any atom is -0.354 e. The molecule has 110 valence electrons. The van der Waals surface area contributed by atoms with Crippen molar-refractivity contribution in [1.82, 2.24) is 10.3 Å². The molecule has 1 aromatic carbocycles. The van der Waals surface area contributed by atoms with Gasteiger partial charge in [-0.15, -0.1) is 0 Å². The predicted molar refractivity (Wildman–Crippen MR) is 86.1 cm³/mol. The van der Waals surface area contributed by atoms with Crippen molar-refractivity contribution in [3.8, 4) is 0 Å². The standard InChI is InChI=1S/C16H18ClN3O/c1-11(2)8-19-16(21)12-6-15(10-18-9-12)20-14-5-3-4-13(17)7-14/h3-7,9-11,20H,8H2,1-2H3,(H,19,21). The number of hydrogen-bond donors (Lipinski definition) is 2. The topological polar surface area (TPSA) is 54.0 Å². The van der Waals surface area contributed by atoms with Crippen LogP contribution >= 0.6 is 11.6 Å². The molecule has 2 aromatic rings. The van der Waals surface area contributed by atoms with E-state index in [0.29, 0.717) is 23.0 Å². The largest absolute Gasteiger partial charge is 0.354 e. The Morgan fingerprint density at radius 2 is 2.05 bits per heavy atom. The molecule has 1 aromatic heterocycles. The van der Waals surface area contributed by atoms with E-state index in [9.17, 15) is 4.79 Å². The normalized spacial score (nSPS) is 10.5. The first-order valence-corrected chi connectivity index (χ1v) is 7.18. The molecule has 21 heavy (non-hydrogen) atoms. The number of aromatic nitrogens is 1. The Kier molecular flexibility index (Phi) is 5.17. The molecule has 0 spiro atoms. The van der Waals surface area contributed by atoms with Crippen LogP contribution in [0, 0.1) is 5.92 Å². The second-order valence-corrected chi connectivity index (χ2v) is 5.64. The minimum atomic E-state index is -0.119. The second-order valence-electron chi connectivity index (χ2n) is 5.20. The summed E-state index contributed by atoms with van der Waals surface area (Å²) in [5.41, 5.74) is 2.13. The van der Waals surface area contributed by atoms with Gasteiger partial charge < -0.3 is 10.6 Å². The summed E-state index contributed by atoms with van der Waals surface area (Å²) < 4.78 is 0. The highest BCUT2D eigenvalue weighted by Crippen LogP contribution is 2.20. The summed E-state index contributed by atoms with van der Waals surface area (Å²) in [4.78, 5) is 16.1. The molecule has 0 bridgehead atoms. The number of halogens is 1. The number of benzene rings is 1. The highest BCUT2D eigenvalue weighted by Gasteiger charge is 2.07. The average Bonchev–Trinajstić information content (AvgIpc) is 2.45. The lowest BCUT2D eigenvalue weighted by molar-refractivity contribution is 0.0948. The van der Waals surface area contributed by atoms with Crippen LogP contribution in [0.3, 0.4) is 0 Å². The fourth-order valence-corrected chi connectivity index (χ4v) is 1.95. The Bertz CT molecular complexity index is 628. The summed E-state index contributed by atoms with van der Waals surface area (Å²) in [7, 11) is 0. The number of carbonyl (C=O) groups is 1. The van der Waals surface area contributed by atoms with E-state index in [2.05, 4.69) is 29.5 Å². The van der Waals surface area contributed by atoms with E-state index < -0.39 is 0 Å². The SMILES string of the molecule is CC(C)CNC(=O)c1cncc(Nc2cccc(Cl)c2)c1. The van der Waals surface area contributed by atoms with Crippen LogP contribution in [-0.2, 0) is 0 Å². The van der Waals surface area contributed by atoms with Crippen molar-refractivity contribution < 1.29 is 4.79 Å². The summed E-state index contributed by atoms with van der Waals surface area (Å²) in [5, 5.41) is 6.70. The first kappa shape index (κ1) is 15.3. The van der Waals surface area contributed by atoms with Crippen LogP contribution < -0.4 is 10.6 Å². The maximum atomic E-state index is 12.0. The van der Waals surface area contributed by atoms with Gasteiger partial charge in [0.25, 0.3) is 5.91 Å². The van der Waals surface area contributed by atoms with Crippen LogP contribution in [0.15, 0.2) is 42.7 Å². The smallest absolute Gasteiger partial charge is 0.252 e. The highest BCUT2D eigenvalue weighted by atomic mass is 35.5. The molecule has 1 heterocycles. The Hall–Kier alpha value is -2.07. The molecule has 0 atom stereocenters. The fraction of sp³-hybridized carbons (Fsp3) is 0.250. The quantitative estimate of drug-likeness (QED) is 0.881. The number of pyridine rings is 1. The number of nitrogens with one attached hydrogen (secondary N) is 2. The molecule has 0 aliphatic heterocycles. The Labute approximate surface area is 129 Å². The van der Waals surface area contributed by atoms with E-state index in [-0.39, 0.29) is 5.91 Å².